The van der Waals surface area contributed by atoms with Crippen LogP contribution in [0, 0.1) is 0 Å². The molecule has 1 fully saturated rings. The van der Waals surface area contributed by atoms with Gasteiger partial charge in [-0.1, -0.05) is 23.7 Å². The van der Waals surface area contributed by atoms with Gasteiger partial charge in [-0.15, -0.1) is 0 Å². The molecule has 0 bridgehead atoms. The molecule has 5 nitrogen and oxygen atoms in total. The van der Waals surface area contributed by atoms with Gasteiger partial charge in [-0.3, -0.25) is 9.79 Å². The highest BCUT2D eigenvalue weighted by molar-refractivity contribution is 6.30. The maximum absolute atomic E-state index is 11.6. The van der Waals surface area contributed by atoms with E-state index in [-0.39, 0.29) is 5.91 Å². The van der Waals surface area contributed by atoms with Crippen molar-refractivity contribution < 1.29 is 4.79 Å². The van der Waals surface area contributed by atoms with Crippen molar-refractivity contribution >= 4 is 23.5 Å². The van der Waals surface area contributed by atoms with E-state index in [4.69, 9.17) is 11.6 Å². The number of nitrogens with zero attached hydrogens (tertiary/aromatic N) is 1. The molecule has 6 heteroatoms. The van der Waals surface area contributed by atoms with E-state index in [1.54, 1.807) is 0 Å². The van der Waals surface area contributed by atoms with Crippen LogP contribution in [0.2, 0.25) is 5.02 Å². The molecule has 0 radical (unpaired) electrons. The first kappa shape index (κ1) is 18.6. The number of nitrogens with one attached hydrogen (secondary N) is 3. The maximum Gasteiger partial charge on any atom is 0.220 e. The van der Waals surface area contributed by atoms with E-state index < -0.39 is 0 Å². The Labute approximate surface area is 149 Å². The zero-order valence-electron chi connectivity index (χ0n) is 14.3. The van der Waals surface area contributed by atoms with E-state index in [9.17, 15) is 4.79 Å². The van der Waals surface area contributed by atoms with E-state index in [1.165, 1.54) is 5.56 Å². The van der Waals surface area contributed by atoms with Crippen LogP contribution in [0.15, 0.2) is 29.3 Å². The van der Waals surface area contributed by atoms with Crippen molar-refractivity contribution in [3.8, 4) is 0 Å². The number of halogens is 1. The van der Waals surface area contributed by atoms with Crippen molar-refractivity contribution in [2.75, 3.05) is 19.6 Å². The number of hydrogen-bond donors (Lipinski definition) is 3. The van der Waals surface area contributed by atoms with Gasteiger partial charge in [0, 0.05) is 37.1 Å². The van der Waals surface area contributed by atoms with Crippen LogP contribution in [0.4, 0.5) is 0 Å². The molecular weight excluding hydrogens is 324 g/mol. The molecular formula is C18H27ClN4O. The third-order valence-electron chi connectivity index (χ3n) is 3.71. The highest BCUT2D eigenvalue weighted by atomic mass is 35.5. The predicted octanol–water partition coefficient (Wildman–Crippen LogP) is 2.50. The summed E-state index contributed by atoms with van der Waals surface area (Å²) in [5, 5.41) is 10.3. The summed E-state index contributed by atoms with van der Waals surface area (Å²) in [7, 11) is 0. The highest BCUT2D eigenvalue weighted by Gasteiger charge is 2.22. The normalized spacial score (nSPS) is 14.3. The van der Waals surface area contributed by atoms with Crippen LogP contribution in [0.1, 0.15) is 38.2 Å². The molecule has 1 aromatic rings. The van der Waals surface area contributed by atoms with Gasteiger partial charge in [-0.05, 0) is 50.3 Å². The second-order valence-corrected chi connectivity index (χ2v) is 6.45. The minimum atomic E-state index is 0.145. The van der Waals surface area contributed by atoms with Gasteiger partial charge < -0.3 is 16.0 Å². The summed E-state index contributed by atoms with van der Waals surface area (Å²) >= 11 is 5.99. The number of aliphatic imine (C=N–C) groups is 1. The summed E-state index contributed by atoms with van der Waals surface area (Å²) in [5.74, 6) is 0.939. The Kier molecular flexibility index (Phi) is 7.89. The number of benzene rings is 1. The zero-order valence-corrected chi connectivity index (χ0v) is 15.0. The Morgan fingerprint density at radius 3 is 2.88 bits per heavy atom. The van der Waals surface area contributed by atoms with Gasteiger partial charge in [0.05, 0.1) is 0 Å². The van der Waals surface area contributed by atoms with E-state index >= 15 is 0 Å². The van der Waals surface area contributed by atoms with E-state index in [0.717, 1.165) is 49.8 Å². The number of rotatable bonds is 9. The molecule has 0 aliphatic heterocycles. The predicted molar refractivity (Wildman–Crippen MR) is 99.5 cm³/mol. The standard InChI is InChI=1S/C18H27ClN4O/c1-2-20-18(21-11-4-7-17(24)23-16-8-9-16)22-12-10-14-5-3-6-15(19)13-14/h3,5-6,13,16H,2,4,7-12H2,1H3,(H,23,24)(H2,20,21,22). The molecule has 0 aromatic heterocycles. The largest absolute Gasteiger partial charge is 0.357 e. The first-order valence-corrected chi connectivity index (χ1v) is 9.11. The number of carbonyl (C=O) groups excluding carboxylic acids is 1. The lowest BCUT2D eigenvalue weighted by molar-refractivity contribution is -0.121. The molecule has 24 heavy (non-hydrogen) atoms. The van der Waals surface area contributed by atoms with E-state index in [2.05, 4.69) is 27.0 Å². The van der Waals surface area contributed by atoms with Gasteiger partial charge >= 0.3 is 0 Å². The number of amides is 1. The molecule has 0 spiro atoms. The molecule has 2 rings (SSSR count). The van der Waals surface area contributed by atoms with Crippen molar-refractivity contribution in [2.45, 2.75) is 45.1 Å². The van der Waals surface area contributed by atoms with Crippen LogP contribution in [-0.2, 0) is 11.2 Å². The average Bonchev–Trinajstić information content (AvgIpc) is 3.35. The molecule has 1 aromatic carbocycles. The SMILES string of the molecule is CCNC(=NCCCC(=O)NC1CC1)NCCc1cccc(Cl)c1. The number of carbonyl (C=O) groups is 1. The van der Waals surface area contributed by atoms with Crippen LogP contribution in [0.5, 0.6) is 0 Å². The van der Waals surface area contributed by atoms with Crippen molar-refractivity contribution in [2.24, 2.45) is 4.99 Å². The van der Waals surface area contributed by atoms with Crippen LogP contribution < -0.4 is 16.0 Å². The lowest BCUT2D eigenvalue weighted by Crippen LogP contribution is -2.38. The van der Waals surface area contributed by atoms with E-state index in [1.807, 2.05) is 25.1 Å². The van der Waals surface area contributed by atoms with Crippen molar-refractivity contribution in [1.82, 2.24) is 16.0 Å². The van der Waals surface area contributed by atoms with E-state index in [0.29, 0.717) is 19.0 Å². The van der Waals surface area contributed by atoms with Crippen LogP contribution in [0.25, 0.3) is 0 Å². The Morgan fingerprint density at radius 2 is 2.17 bits per heavy atom. The second kappa shape index (κ2) is 10.2. The Morgan fingerprint density at radius 1 is 1.33 bits per heavy atom. The van der Waals surface area contributed by atoms with Gasteiger partial charge in [0.25, 0.3) is 0 Å². The van der Waals surface area contributed by atoms with Gasteiger partial charge in [0.15, 0.2) is 5.96 Å². The summed E-state index contributed by atoms with van der Waals surface area (Å²) in [6, 6.07) is 8.32. The molecule has 0 heterocycles. The summed E-state index contributed by atoms with van der Waals surface area (Å²) in [4.78, 5) is 16.1. The molecule has 1 aliphatic rings. The van der Waals surface area contributed by atoms with Crippen molar-refractivity contribution in [1.29, 1.82) is 0 Å². The average molecular weight is 351 g/mol. The fourth-order valence-corrected chi connectivity index (χ4v) is 2.53. The summed E-state index contributed by atoms with van der Waals surface area (Å²) in [5.41, 5.74) is 1.20. The van der Waals surface area contributed by atoms with Crippen molar-refractivity contribution in [3.63, 3.8) is 0 Å². The third-order valence-corrected chi connectivity index (χ3v) is 3.95. The smallest absolute Gasteiger partial charge is 0.220 e. The maximum atomic E-state index is 11.6. The summed E-state index contributed by atoms with van der Waals surface area (Å²) in [6.45, 7) is 4.28. The van der Waals surface area contributed by atoms with Gasteiger partial charge in [-0.25, -0.2) is 0 Å². The summed E-state index contributed by atoms with van der Waals surface area (Å²) in [6.07, 6.45) is 4.45. The molecule has 1 amide bonds. The van der Waals surface area contributed by atoms with Gasteiger partial charge in [-0.2, -0.15) is 0 Å². The molecule has 3 N–H and O–H groups in total. The van der Waals surface area contributed by atoms with Gasteiger partial charge in [0.2, 0.25) is 5.91 Å². The highest BCUT2D eigenvalue weighted by Crippen LogP contribution is 2.18. The third kappa shape index (κ3) is 7.68. The molecule has 1 saturated carbocycles. The Bertz CT molecular complexity index is 558. The minimum Gasteiger partial charge on any atom is -0.357 e. The monoisotopic (exact) mass is 350 g/mol. The Balaban J connectivity index is 1.66. The fourth-order valence-electron chi connectivity index (χ4n) is 2.32. The zero-order chi connectivity index (χ0) is 17.2. The topological polar surface area (TPSA) is 65.5 Å². The number of guanidine groups is 1. The molecule has 132 valence electrons. The first-order valence-electron chi connectivity index (χ1n) is 8.73. The molecule has 0 atom stereocenters. The van der Waals surface area contributed by atoms with Crippen LogP contribution in [-0.4, -0.2) is 37.5 Å². The van der Waals surface area contributed by atoms with Crippen molar-refractivity contribution in [3.05, 3.63) is 34.9 Å². The lowest BCUT2D eigenvalue weighted by atomic mass is 10.1. The first-order chi connectivity index (χ1) is 11.7. The Hall–Kier alpha value is -1.75. The lowest BCUT2D eigenvalue weighted by Gasteiger charge is -2.11. The number of hydrogen-bond acceptors (Lipinski definition) is 2. The minimum absolute atomic E-state index is 0.145. The van der Waals surface area contributed by atoms with Gasteiger partial charge in [0.1, 0.15) is 0 Å². The van der Waals surface area contributed by atoms with Crippen LogP contribution in [0.3, 0.4) is 0 Å². The second-order valence-electron chi connectivity index (χ2n) is 6.01. The molecule has 1 aliphatic carbocycles. The van der Waals surface area contributed by atoms with Crippen LogP contribution >= 0.6 is 11.6 Å². The fraction of sp³-hybridized carbons (Fsp3) is 0.556. The molecule has 0 saturated heterocycles. The quantitative estimate of drug-likeness (QED) is 0.364. The molecule has 0 unspecified atom stereocenters. The summed E-state index contributed by atoms with van der Waals surface area (Å²) < 4.78 is 0.